The summed E-state index contributed by atoms with van der Waals surface area (Å²) in [6.45, 7) is 6.60. The molecule has 39 heavy (non-hydrogen) atoms. The number of aliphatic hydroxyl groups excluding tert-OH is 1. The third-order valence-corrected chi connectivity index (χ3v) is 8.65. The molecule has 1 N–H and O–H groups in total. The highest BCUT2D eigenvalue weighted by molar-refractivity contribution is 7.99. The van der Waals surface area contributed by atoms with Crippen LogP contribution >= 0.6 is 23.4 Å². The summed E-state index contributed by atoms with van der Waals surface area (Å²) in [7, 11) is -0.0116. The van der Waals surface area contributed by atoms with Gasteiger partial charge in [0.25, 0.3) is 0 Å². The summed E-state index contributed by atoms with van der Waals surface area (Å²) in [5.41, 5.74) is 3.99. The van der Waals surface area contributed by atoms with Gasteiger partial charge in [-0.05, 0) is 18.2 Å². The van der Waals surface area contributed by atoms with Gasteiger partial charge in [-0.15, -0.1) is 10.6 Å². The van der Waals surface area contributed by atoms with E-state index in [0.717, 1.165) is 22.6 Å². The molecule has 2 aliphatic heterocycles. The van der Waals surface area contributed by atoms with Crippen LogP contribution in [0.1, 0.15) is 11.6 Å². The van der Waals surface area contributed by atoms with Gasteiger partial charge in [0.1, 0.15) is 66.3 Å². The Hall–Kier alpha value is -2.37. The molecule has 0 radical (unpaired) electrons. The molecule has 0 saturated carbocycles. The average Bonchev–Trinajstić information content (AvgIpc) is 3.52. The van der Waals surface area contributed by atoms with E-state index in [2.05, 4.69) is 46.4 Å². The Morgan fingerprint density at radius 1 is 1.18 bits per heavy atom. The van der Waals surface area contributed by atoms with Crippen molar-refractivity contribution in [2.24, 2.45) is 0 Å². The topological polar surface area (TPSA) is 91.5 Å². The van der Waals surface area contributed by atoms with Gasteiger partial charge in [0.05, 0.1) is 12.8 Å². The van der Waals surface area contributed by atoms with E-state index in [-0.39, 0.29) is 17.9 Å². The van der Waals surface area contributed by atoms with Gasteiger partial charge in [-0.2, -0.15) is 0 Å². The summed E-state index contributed by atoms with van der Waals surface area (Å²) >= 11 is 7.03. The van der Waals surface area contributed by atoms with Crippen LogP contribution in [0.2, 0.25) is 24.7 Å². The van der Waals surface area contributed by atoms with Crippen molar-refractivity contribution in [2.45, 2.75) is 60.4 Å². The molecule has 4 unspecified atom stereocenters. The highest BCUT2D eigenvalue weighted by atomic mass is 35.5. The van der Waals surface area contributed by atoms with Gasteiger partial charge in [-0.25, -0.2) is 13.5 Å². The Bertz CT molecular complexity index is 1410. The second-order valence-electron chi connectivity index (χ2n) is 10.4. The van der Waals surface area contributed by atoms with E-state index in [4.69, 9.17) is 25.8 Å². The number of pyridine rings is 1. The van der Waals surface area contributed by atoms with Crippen molar-refractivity contribution < 1.29 is 28.1 Å². The Balaban J connectivity index is 1.46. The molecule has 2 saturated heterocycles. The summed E-state index contributed by atoms with van der Waals surface area (Å²) in [6.07, 6.45) is 2.31. The summed E-state index contributed by atoms with van der Waals surface area (Å²) in [5, 5.41) is 18.4. The van der Waals surface area contributed by atoms with E-state index in [1.54, 1.807) is 25.7 Å². The fourth-order valence-corrected chi connectivity index (χ4v) is 6.31. The van der Waals surface area contributed by atoms with Gasteiger partial charge in [0, 0.05) is 35.5 Å². The molecule has 5 rings (SSSR count). The number of hydrogen-bond donors (Lipinski definition) is 1. The number of thioether (sulfide) groups is 1. The van der Waals surface area contributed by atoms with E-state index in [9.17, 15) is 13.9 Å². The number of ether oxygens (including phenoxy) is 3. The molecule has 13 heteroatoms. The summed E-state index contributed by atoms with van der Waals surface area (Å²) in [4.78, 5) is 5.16. The predicted molar refractivity (Wildman–Crippen MR) is 145 cm³/mol. The van der Waals surface area contributed by atoms with Gasteiger partial charge in [0.2, 0.25) is 0 Å². The quantitative estimate of drug-likeness (QED) is 0.266. The number of benzene rings is 1. The molecule has 2 fully saturated rings. The molecule has 0 aliphatic carbocycles. The number of hydrogen-bond acceptors (Lipinski definition) is 8. The van der Waals surface area contributed by atoms with Crippen LogP contribution < -0.4 is 0 Å². The van der Waals surface area contributed by atoms with Gasteiger partial charge in [0.15, 0.2) is 0 Å². The lowest BCUT2D eigenvalue weighted by molar-refractivity contribution is -0.170. The normalized spacial score (nSPS) is 26.7. The van der Waals surface area contributed by atoms with Crippen LogP contribution in [0.5, 0.6) is 0 Å². The minimum Gasteiger partial charge on any atom is -0.388 e. The minimum atomic E-state index is -1.56. The molecule has 2 aromatic heterocycles. The SMILES string of the molecule is COC1C(n2cc(-c3cc(F)c(Cl)c(F)c3)nn2)[C@H]2OCC(O)C2O[C@@H]1Sc1cncc(C#C[Si](C)(C)C)c1. The standard InChI is InChI=1S/C26H27ClF2N4O4SSi/c1-35-25-22(33-12-19(31-32-33)15-8-17(28)21(27)18(29)9-15)24-23(20(34)13-36-24)37-26(25)38-16-7-14(10-30-11-16)5-6-39(2,3)4/h7-12,20,22-26,34H,13H2,1-4H3/t20?,22?,23?,24-,25?,26-/m1/s1. The number of halogens is 3. The van der Waals surface area contributed by atoms with Crippen molar-refractivity contribution >= 4 is 31.4 Å². The maximum Gasteiger partial charge on any atom is 0.145 e. The largest absolute Gasteiger partial charge is 0.388 e. The lowest BCUT2D eigenvalue weighted by Gasteiger charge is -2.43. The second-order valence-corrected chi connectivity index (χ2v) is 16.7. The lowest BCUT2D eigenvalue weighted by atomic mass is 9.96. The smallest absolute Gasteiger partial charge is 0.145 e. The number of aliphatic hydroxyl groups is 1. The number of methoxy groups -OCH3 is 1. The third kappa shape index (κ3) is 6.05. The summed E-state index contributed by atoms with van der Waals surface area (Å²) in [6, 6.07) is 3.58. The van der Waals surface area contributed by atoms with Crippen molar-refractivity contribution in [1.29, 1.82) is 0 Å². The second kappa shape index (κ2) is 11.2. The van der Waals surface area contributed by atoms with Crippen LogP contribution in [-0.2, 0) is 14.2 Å². The number of aromatic nitrogens is 4. The van der Waals surface area contributed by atoms with Crippen LogP contribution in [0, 0.1) is 23.1 Å². The Morgan fingerprint density at radius 3 is 2.62 bits per heavy atom. The Labute approximate surface area is 235 Å². The van der Waals surface area contributed by atoms with Crippen molar-refractivity contribution in [1.82, 2.24) is 20.0 Å². The van der Waals surface area contributed by atoms with Crippen LogP contribution in [0.25, 0.3) is 11.3 Å². The van der Waals surface area contributed by atoms with Crippen LogP contribution in [0.4, 0.5) is 8.78 Å². The van der Waals surface area contributed by atoms with E-state index in [0.29, 0.717) is 0 Å². The monoisotopic (exact) mass is 592 g/mol. The zero-order valence-electron chi connectivity index (χ0n) is 21.6. The molecule has 2 aliphatic rings. The molecule has 1 aromatic carbocycles. The maximum absolute atomic E-state index is 14.1. The van der Waals surface area contributed by atoms with Crippen LogP contribution in [0.3, 0.4) is 0 Å². The van der Waals surface area contributed by atoms with Crippen molar-refractivity contribution in [3.63, 3.8) is 0 Å². The van der Waals surface area contributed by atoms with Crippen LogP contribution in [-0.4, -0.2) is 76.7 Å². The fourth-order valence-electron chi connectivity index (χ4n) is 4.51. The average molecular weight is 593 g/mol. The highest BCUT2D eigenvalue weighted by Gasteiger charge is 2.54. The van der Waals surface area contributed by atoms with E-state index >= 15 is 0 Å². The van der Waals surface area contributed by atoms with Crippen molar-refractivity contribution in [3.05, 3.63) is 59.0 Å². The molecular formula is C26H27ClF2N4O4SSi. The first kappa shape index (κ1) is 28.2. The highest BCUT2D eigenvalue weighted by Crippen LogP contribution is 2.43. The fraction of sp³-hybridized carbons (Fsp3) is 0.423. The van der Waals surface area contributed by atoms with Gasteiger partial charge in [-0.1, -0.05) is 54.1 Å². The molecule has 3 aromatic rings. The molecule has 0 amide bonds. The van der Waals surface area contributed by atoms with Crippen molar-refractivity contribution in [3.8, 4) is 22.7 Å². The zero-order chi connectivity index (χ0) is 27.9. The predicted octanol–water partition coefficient (Wildman–Crippen LogP) is 4.33. The van der Waals surface area contributed by atoms with E-state index in [1.807, 2.05) is 6.07 Å². The number of rotatable bonds is 5. The zero-order valence-corrected chi connectivity index (χ0v) is 24.2. The molecule has 6 atom stereocenters. The number of fused-ring (bicyclic) bond motifs is 1. The minimum absolute atomic E-state index is 0.0815. The Kier molecular flexibility index (Phi) is 8.12. The molecule has 0 spiro atoms. The Morgan fingerprint density at radius 2 is 1.92 bits per heavy atom. The van der Waals surface area contributed by atoms with Gasteiger partial charge >= 0.3 is 0 Å². The van der Waals surface area contributed by atoms with E-state index in [1.165, 1.54) is 16.4 Å². The van der Waals surface area contributed by atoms with E-state index < -0.39 is 60.6 Å². The maximum atomic E-state index is 14.1. The van der Waals surface area contributed by atoms with Crippen LogP contribution in [0.15, 0.2) is 41.7 Å². The molecule has 4 heterocycles. The summed E-state index contributed by atoms with van der Waals surface area (Å²) < 4.78 is 47.8. The van der Waals surface area contributed by atoms with Gasteiger partial charge in [-0.3, -0.25) is 4.98 Å². The first-order valence-corrected chi connectivity index (χ1v) is 17.0. The van der Waals surface area contributed by atoms with Gasteiger partial charge < -0.3 is 19.3 Å². The molecule has 8 nitrogen and oxygen atoms in total. The molecule has 0 bridgehead atoms. The summed E-state index contributed by atoms with van der Waals surface area (Å²) in [5.74, 6) is 1.42. The number of nitrogens with zero attached hydrogens (tertiary/aromatic N) is 4. The first-order chi connectivity index (χ1) is 18.5. The third-order valence-electron chi connectivity index (χ3n) is 6.31. The van der Waals surface area contributed by atoms with Crippen molar-refractivity contribution in [2.75, 3.05) is 13.7 Å². The molecule has 206 valence electrons. The lowest BCUT2D eigenvalue weighted by Crippen LogP contribution is -2.55. The first-order valence-electron chi connectivity index (χ1n) is 12.2. The molecular weight excluding hydrogens is 566 g/mol.